The van der Waals surface area contributed by atoms with E-state index in [1.54, 1.807) is 0 Å². The maximum absolute atomic E-state index is 12.6. The molecule has 4 fully saturated rings. The van der Waals surface area contributed by atoms with Crippen molar-refractivity contribution in [3.05, 3.63) is 24.3 Å². The average molecular weight is 441 g/mol. The fourth-order valence-corrected chi connectivity index (χ4v) is 4.74. The number of ether oxygens (including phenoxy) is 1. The highest BCUT2D eigenvalue weighted by Crippen LogP contribution is 2.33. The smallest absolute Gasteiger partial charge is 0.234 e. The fourth-order valence-electron chi connectivity index (χ4n) is 4.74. The minimum atomic E-state index is -0.158. The molecule has 0 spiro atoms. The van der Waals surface area contributed by atoms with Gasteiger partial charge in [-0.3, -0.25) is 19.4 Å². The number of amides is 2. The Morgan fingerprint density at radius 2 is 1.75 bits per heavy atom. The Balaban J connectivity index is 1.04. The zero-order valence-corrected chi connectivity index (χ0v) is 19.0. The number of nitrogens with zero attached hydrogens (tertiary/aromatic N) is 3. The number of imide groups is 1. The van der Waals surface area contributed by atoms with E-state index in [9.17, 15) is 9.59 Å². The third kappa shape index (κ3) is 5.44. The number of likely N-dealkylation sites (tertiary alicyclic amines) is 1. The van der Waals surface area contributed by atoms with Gasteiger partial charge in [0.1, 0.15) is 5.75 Å². The first-order valence-corrected chi connectivity index (χ1v) is 12.4. The van der Waals surface area contributed by atoms with Crippen molar-refractivity contribution in [2.45, 2.75) is 44.6 Å². The summed E-state index contributed by atoms with van der Waals surface area (Å²) in [6, 6.07) is 8.96. The lowest BCUT2D eigenvalue weighted by atomic mass is 10.1. The number of rotatable bonds is 11. The SMILES string of the molecule is O=C1CC(CNC2CC2)C(=O)N1CCCN1CCN(c2ccccc2OCC2CC2)CC1. The Morgan fingerprint density at radius 3 is 2.50 bits per heavy atom. The van der Waals surface area contributed by atoms with Gasteiger partial charge in [0.25, 0.3) is 0 Å². The molecular formula is C25H36N4O3. The minimum absolute atomic E-state index is 0.00483. The van der Waals surface area contributed by atoms with E-state index in [0.717, 1.165) is 57.4 Å². The monoisotopic (exact) mass is 440 g/mol. The van der Waals surface area contributed by atoms with Gasteiger partial charge >= 0.3 is 0 Å². The van der Waals surface area contributed by atoms with Gasteiger partial charge in [0.05, 0.1) is 18.2 Å². The van der Waals surface area contributed by atoms with Crippen LogP contribution >= 0.6 is 0 Å². The fraction of sp³-hybridized carbons (Fsp3) is 0.680. The van der Waals surface area contributed by atoms with E-state index < -0.39 is 0 Å². The van der Waals surface area contributed by atoms with Gasteiger partial charge in [-0.1, -0.05) is 12.1 Å². The molecule has 1 N–H and O–H groups in total. The lowest BCUT2D eigenvalue weighted by Crippen LogP contribution is -2.47. The van der Waals surface area contributed by atoms with Crippen LogP contribution in [0, 0.1) is 11.8 Å². The van der Waals surface area contributed by atoms with Crippen LogP contribution in [0.3, 0.4) is 0 Å². The van der Waals surface area contributed by atoms with Crippen LogP contribution in [0.15, 0.2) is 24.3 Å². The molecule has 0 bridgehead atoms. The Morgan fingerprint density at radius 1 is 0.969 bits per heavy atom. The molecule has 1 atom stereocenters. The summed E-state index contributed by atoms with van der Waals surface area (Å²) < 4.78 is 6.10. The largest absolute Gasteiger partial charge is 0.491 e. The molecular weight excluding hydrogens is 404 g/mol. The number of nitrogens with one attached hydrogen (secondary N) is 1. The van der Waals surface area contributed by atoms with Crippen molar-refractivity contribution in [3.63, 3.8) is 0 Å². The summed E-state index contributed by atoms with van der Waals surface area (Å²) in [6.07, 6.45) is 6.22. The van der Waals surface area contributed by atoms with Crippen molar-refractivity contribution in [1.29, 1.82) is 0 Å². The van der Waals surface area contributed by atoms with Crippen LogP contribution in [0.1, 0.15) is 38.5 Å². The second-order valence-electron chi connectivity index (χ2n) is 9.87. The molecule has 1 unspecified atom stereocenters. The molecule has 2 aliphatic carbocycles. The molecule has 4 aliphatic rings. The lowest BCUT2D eigenvalue weighted by Gasteiger charge is -2.37. The topological polar surface area (TPSA) is 65.1 Å². The predicted molar refractivity (Wildman–Crippen MR) is 124 cm³/mol. The van der Waals surface area contributed by atoms with Crippen molar-refractivity contribution in [2.24, 2.45) is 11.8 Å². The Hall–Kier alpha value is -2.12. The van der Waals surface area contributed by atoms with Crippen LogP contribution in [0.5, 0.6) is 5.75 Å². The first kappa shape index (κ1) is 21.7. The summed E-state index contributed by atoms with van der Waals surface area (Å²) in [5, 5.41) is 3.39. The van der Waals surface area contributed by atoms with Crippen LogP contribution in [-0.4, -0.2) is 80.1 Å². The number of piperazine rings is 1. The van der Waals surface area contributed by atoms with Crippen LogP contribution in [-0.2, 0) is 9.59 Å². The highest BCUT2D eigenvalue weighted by atomic mass is 16.5. The number of anilines is 1. The van der Waals surface area contributed by atoms with Gasteiger partial charge in [-0.05, 0) is 56.7 Å². The van der Waals surface area contributed by atoms with Gasteiger partial charge in [-0.25, -0.2) is 0 Å². The number of hydrogen-bond acceptors (Lipinski definition) is 6. The maximum atomic E-state index is 12.6. The van der Waals surface area contributed by atoms with Crippen LogP contribution in [0.2, 0.25) is 0 Å². The first-order valence-electron chi connectivity index (χ1n) is 12.4. The van der Waals surface area contributed by atoms with Gasteiger partial charge < -0.3 is 15.0 Å². The number of hydrogen-bond donors (Lipinski definition) is 1. The number of para-hydroxylation sites is 2. The van der Waals surface area contributed by atoms with E-state index in [-0.39, 0.29) is 17.7 Å². The highest BCUT2D eigenvalue weighted by Gasteiger charge is 2.38. The van der Waals surface area contributed by atoms with Gasteiger partial charge in [0.15, 0.2) is 0 Å². The Kier molecular flexibility index (Phi) is 6.64. The van der Waals surface area contributed by atoms with Crippen LogP contribution < -0.4 is 15.0 Å². The van der Waals surface area contributed by atoms with E-state index in [2.05, 4.69) is 39.4 Å². The Labute approximate surface area is 191 Å². The standard InChI is InChI=1S/C25H36N4O3/c30-24-16-20(17-26-21-8-9-21)25(31)29(24)11-3-10-27-12-14-28(15-13-27)22-4-1-2-5-23(22)32-18-19-6-7-19/h1-2,4-5,19-21,26H,3,6-18H2. The van der Waals surface area contributed by atoms with Gasteiger partial charge in [0.2, 0.25) is 11.8 Å². The molecule has 2 saturated carbocycles. The summed E-state index contributed by atoms with van der Waals surface area (Å²) in [6.45, 7) is 6.90. The molecule has 174 valence electrons. The molecule has 0 radical (unpaired) electrons. The summed E-state index contributed by atoms with van der Waals surface area (Å²) in [5.41, 5.74) is 1.20. The van der Waals surface area contributed by atoms with Crippen molar-refractivity contribution in [3.8, 4) is 5.75 Å². The molecule has 1 aromatic carbocycles. The Bertz CT molecular complexity index is 815. The zero-order chi connectivity index (χ0) is 21.9. The molecule has 7 heteroatoms. The summed E-state index contributed by atoms with van der Waals surface area (Å²) in [7, 11) is 0. The third-order valence-electron chi connectivity index (χ3n) is 7.17. The van der Waals surface area contributed by atoms with Crippen LogP contribution in [0.25, 0.3) is 0 Å². The number of benzene rings is 1. The van der Waals surface area contributed by atoms with E-state index in [1.165, 1.54) is 36.3 Å². The molecule has 5 rings (SSSR count). The van der Waals surface area contributed by atoms with Crippen molar-refractivity contribution in [2.75, 3.05) is 57.3 Å². The van der Waals surface area contributed by atoms with Crippen molar-refractivity contribution < 1.29 is 14.3 Å². The summed E-state index contributed by atoms with van der Waals surface area (Å²) >= 11 is 0. The first-order chi connectivity index (χ1) is 15.7. The molecule has 7 nitrogen and oxygen atoms in total. The summed E-state index contributed by atoms with van der Waals surface area (Å²) in [4.78, 5) is 31.3. The quantitative estimate of drug-likeness (QED) is 0.532. The van der Waals surface area contributed by atoms with Gasteiger partial charge in [-0.15, -0.1) is 0 Å². The van der Waals surface area contributed by atoms with E-state index in [4.69, 9.17) is 4.74 Å². The molecule has 2 amide bonds. The molecule has 2 aliphatic heterocycles. The van der Waals surface area contributed by atoms with Gasteiger partial charge in [0, 0.05) is 51.7 Å². The molecule has 1 aromatic rings. The highest BCUT2D eigenvalue weighted by molar-refractivity contribution is 6.03. The maximum Gasteiger partial charge on any atom is 0.234 e. The second kappa shape index (κ2) is 9.79. The summed E-state index contributed by atoms with van der Waals surface area (Å²) in [5.74, 6) is 1.62. The third-order valence-corrected chi connectivity index (χ3v) is 7.17. The van der Waals surface area contributed by atoms with Crippen LogP contribution in [0.4, 0.5) is 5.69 Å². The molecule has 2 saturated heterocycles. The van der Waals surface area contributed by atoms with Crippen molar-refractivity contribution in [1.82, 2.24) is 15.1 Å². The number of carbonyl (C=O) groups excluding carboxylic acids is 2. The molecule has 2 heterocycles. The molecule has 32 heavy (non-hydrogen) atoms. The average Bonchev–Trinajstić information content (AvgIpc) is 3.74. The normalized spacial score (nSPS) is 24.4. The van der Waals surface area contributed by atoms with E-state index >= 15 is 0 Å². The predicted octanol–water partition coefficient (Wildman–Crippen LogP) is 2.11. The minimum Gasteiger partial charge on any atom is -0.491 e. The zero-order valence-electron chi connectivity index (χ0n) is 19.0. The van der Waals surface area contributed by atoms with Gasteiger partial charge in [-0.2, -0.15) is 0 Å². The molecule has 0 aromatic heterocycles. The number of carbonyl (C=O) groups is 2. The van der Waals surface area contributed by atoms with E-state index in [0.29, 0.717) is 25.6 Å². The lowest BCUT2D eigenvalue weighted by molar-refractivity contribution is -0.139. The van der Waals surface area contributed by atoms with E-state index in [1.807, 2.05) is 0 Å². The second-order valence-corrected chi connectivity index (χ2v) is 9.87. The van der Waals surface area contributed by atoms with Crippen molar-refractivity contribution >= 4 is 17.5 Å².